The molecule has 2 heteroatoms. The Kier molecular flexibility index (Phi) is 10.8. The van der Waals surface area contributed by atoms with Crippen LogP contribution in [0, 0.1) is 5.92 Å². The molecule has 2 nitrogen and oxygen atoms in total. The molecule has 0 rings (SSSR count). The van der Waals surface area contributed by atoms with Gasteiger partial charge in [0.05, 0.1) is 0 Å². The zero-order valence-corrected chi connectivity index (χ0v) is 9.59. The quantitative estimate of drug-likeness (QED) is 0.706. The summed E-state index contributed by atoms with van der Waals surface area (Å²) in [7, 11) is 3.69. The Morgan fingerprint density at radius 1 is 1.08 bits per heavy atom. The Bertz CT molecular complexity index is 79.9. The van der Waals surface area contributed by atoms with Crippen LogP contribution < -0.4 is 5.73 Å². The highest BCUT2D eigenvalue weighted by Gasteiger charge is 2.02. The molecule has 0 aromatic carbocycles. The average molecular weight is 174 g/mol. The van der Waals surface area contributed by atoms with Crippen molar-refractivity contribution >= 4 is 0 Å². The van der Waals surface area contributed by atoms with Crippen molar-refractivity contribution in [3.63, 3.8) is 0 Å². The summed E-state index contributed by atoms with van der Waals surface area (Å²) in [5.41, 5.74) is 4.50. The first-order valence-corrected chi connectivity index (χ1v) is 4.82. The first-order chi connectivity index (χ1) is 5.54. The third-order valence-electron chi connectivity index (χ3n) is 1.94. The minimum Gasteiger partial charge on any atom is -0.333 e. The van der Waals surface area contributed by atoms with E-state index in [9.17, 15) is 0 Å². The van der Waals surface area contributed by atoms with E-state index < -0.39 is 0 Å². The Balaban J connectivity index is 0. The minimum atomic E-state index is 0.693. The van der Waals surface area contributed by atoms with Crippen molar-refractivity contribution in [2.45, 2.75) is 40.2 Å². The molecule has 0 saturated carbocycles. The van der Waals surface area contributed by atoms with Crippen LogP contribution in [-0.4, -0.2) is 31.6 Å². The van der Waals surface area contributed by atoms with Crippen LogP contribution in [0.4, 0.5) is 0 Å². The van der Waals surface area contributed by atoms with Crippen molar-refractivity contribution in [1.29, 1.82) is 0 Å². The highest BCUT2D eigenvalue weighted by Crippen LogP contribution is 2.02. The van der Waals surface area contributed by atoms with Crippen molar-refractivity contribution in [2.24, 2.45) is 11.7 Å². The maximum atomic E-state index is 4.50. The van der Waals surface area contributed by atoms with Gasteiger partial charge in [0.1, 0.15) is 0 Å². The van der Waals surface area contributed by atoms with Gasteiger partial charge in [0.2, 0.25) is 0 Å². The van der Waals surface area contributed by atoms with Crippen LogP contribution in [-0.2, 0) is 0 Å². The van der Waals surface area contributed by atoms with Gasteiger partial charge in [-0.1, -0.05) is 13.8 Å². The topological polar surface area (TPSA) is 29.3 Å². The zero-order chi connectivity index (χ0) is 10.1. The number of nitrogens with two attached hydrogens (primary N) is 1. The molecule has 0 atom stereocenters. The van der Waals surface area contributed by atoms with E-state index in [0.717, 1.165) is 5.92 Å². The van der Waals surface area contributed by atoms with E-state index in [-0.39, 0.29) is 0 Å². The van der Waals surface area contributed by atoms with Crippen LogP contribution in [0.3, 0.4) is 0 Å². The molecule has 0 aromatic heterocycles. The van der Waals surface area contributed by atoms with Crippen molar-refractivity contribution in [2.75, 3.05) is 20.6 Å². The van der Waals surface area contributed by atoms with Crippen molar-refractivity contribution < 1.29 is 0 Å². The molecule has 0 radical (unpaired) electrons. The molecule has 0 fully saturated rings. The van der Waals surface area contributed by atoms with Crippen LogP contribution in [0.15, 0.2) is 0 Å². The zero-order valence-electron chi connectivity index (χ0n) is 9.59. The lowest BCUT2D eigenvalue weighted by atomic mass is 10.1. The average Bonchev–Trinajstić information content (AvgIpc) is 2.03. The van der Waals surface area contributed by atoms with Crippen molar-refractivity contribution in [3.8, 4) is 0 Å². The Morgan fingerprint density at radius 2 is 1.50 bits per heavy atom. The van der Waals surface area contributed by atoms with Gasteiger partial charge < -0.3 is 10.6 Å². The highest BCUT2D eigenvalue weighted by atomic mass is 15.1. The molecule has 0 aliphatic heterocycles. The van der Waals surface area contributed by atoms with Crippen LogP contribution >= 0.6 is 0 Å². The summed E-state index contributed by atoms with van der Waals surface area (Å²) in [4.78, 5) is 2.39. The summed E-state index contributed by atoms with van der Waals surface area (Å²) in [6.45, 7) is 10.2. The number of hydrogen-bond acceptors (Lipinski definition) is 2. The normalized spacial score (nSPS) is 10.5. The molecule has 0 heterocycles. The van der Waals surface area contributed by atoms with Crippen LogP contribution in [0.5, 0.6) is 0 Å². The maximum Gasteiger partial charge on any atom is 0.00355 e. The standard InChI is InChI=1S/C9H21N.CH5N/c1-8(2)6-7-10(5)9(3)4;1-2/h8-9H,6-7H2,1-5H3;2H2,1H3. The van der Waals surface area contributed by atoms with Gasteiger partial charge in [-0.05, 0) is 46.8 Å². The fourth-order valence-corrected chi connectivity index (χ4v) is 0.720. The van der Waals surface area contributed by atoms with Crippen molar-refractivity contribution in [1.82, 2.24) is 4.90 Å². The van der Waals surface area contributed by atoms with Gasteiger partial charge in [0, 0.05) is 6.04 Å². The van der Waals surface area contributed by atoms with Crippen LogP contribution in [0.25, 0.3) is 0 Å². The van der Waals surface area contributed by atoms with Crippen molar-refractivity contribution in [3.05, 3.63) is 0 Å². The molecule has 0 saturated heterocycles. The summed E-state index contributed by atoms with van der Waals surface area (Å²) < 4.78 is 0. The summed E-state index contributed by atoms with van der Waals surface area (Å²) in [6.07, 6.45) is 1.31. The number of rotatable bonds is 4. The predicted molar refractivity (Wildman–Crippen MR) is 57.3 cm³/mol. The largest absolute Gasteiger partial charge is 0.333 e. The van der Waals surface area contributed by atoms with Gasteiger partial charge in [-0.3, -0.25) is 0 Å². The SMILES string of the molecule is CC(C)CCN(C)C(C)C.CN. The molecule has 0 aromatic rings. The van der Waals surface area contributed by atoms with Gasteiger partial charge in [-0.25, -0.2) is 0 Å². The third kappa shape index (κ3) is 9.92. The molecule has 0 aliphatic carbocycles. The Labute approximate surface area is 78.1 Å². The minimum absolute atomic E-state index is 0.693. The summed E-state index contributed by atoms with van der Waals surface area (Å²) >= 11 is 0. The van der Waals surface area contributed by atoms with E-state index in [2.05, 4.69) is 45.4 Å². The van der Waals surface area contributed by atoms with Crippen LogP contribution in [0.2, 0.25) is 0 Å². The van der Waals surface area contributed by atoms with E-state index in [1.54, 1.807) is 0 Å². The molecule has 12 heavy (non-hydrogen) atoms. The third-order valence-corrected chi connectivity index (χ3v) is 1.94. The molecule has 0 bridgehead atoms. The molecule has 0 aliphatic rings. The van der Waals surface area contributed by atoms with E-state index >= 15 is 0 Å². The Hall–Kier alpha value is -0.0800. The lowest BCUT2D eigenvalue weighted by Gasteiger charge is -2.21. The first-order valence-electron chi connectivity index (χ1n) is 4.82. The summed E-state index contributed by atoms with van der Waals surface area (Å²) in [6, 6.07) is 0.693. The molecule has 0 amide bonds. The fourth-order valence-electron chi connectivity index (χ4n) is 0.720. The summed E-state index contributed by atoms with van der Waals surface area (Å²) in [5, 5.41) is 0. The molecule has 0 unspecified atom stereocenters. The number of hydrogen-bond donors (Lipinski definition) is 1. The first kappa shape index (κ1) is 14.4. The van der Waals surface area contributed by atoms with Gasteiger partial charge >= 0.3 is 0 Å². The summed E-state index contributed by atoms with van der Waals surface area (Å²) in [5.74, 6) is 0.834. The van der Waals surface area contributed by atoms with E-state index in [0.29, 0.717) is 6.04 Å². The smallest absolute Gasteiger partial charge is 0.00355 e. The molecular formula is C10H26N2. The van der Waals surface area contributed by atoms with E-state index in [4.69, 9.17) is 0 Å². The van der Waals surface area contributed by atoms with Gasteiger partial charge in [-0.2, -0.15) is 0 Å². The fraction of sp³-hybridized carbons (Fsp3) is 1.00. The van der Waals surface area contributed by atoms with Gasteiger partial charge in [0.25, 0.3) is 0 Å². The second-order valence-corrected chi connectivity index (χ2v) is 3.76. The predicted octanol–water partition coefficient (Wildman–Crippen LogP) is 1.95. The molecule has 0 spiro atoms. The second-order valence-electron chi connectivity index (χ2n) is 3.76. The van der Waals surface area contributed by atoms with Gasteiger partial charge in [0.15, 0.2) is 0 Å². The lowest BCUT2D eigenvalue weighted by Crippen LogP contribution is -2.27. The Morgan fingerprint density at radius 3 is 1.75 bits per heavy atom. The van der Waals surface area contributed by atoms with E-state index in [1.165, 1.54) is 20.0 Å². The molecule has 76 valence electrons. The maximum absolute atomic E-state index is 4.50. The van der Waals surface area contributed by atoms with E-state index in [1.807, 2.05) is 0 Å². The molecule has 2 N–H and O–H groups in total. The molecular weight excluding hydrogens is 148 g/mol. The lowest BCUT2D eigenvalue weighted by molar-refractivity contribution is 0.258. The monoisotopic (exact) mass is 174 g/mol. The second kappa shape index (κ2) is 9.01. The number of nitrogens with zero attached hydrogens (tertiary/aromatic N) is 1. The highest BCUT2D eigenvalue weighted by molar-refractivity contribution is 4.57. The van der Waals surface area contributed by atoms with Gasteiger partial charge in [-0.15, -0.1) is 0 Å². The van der Waals surface area contributed by atoms with Crippen LogP contribution in [0.1, 0.15) is 34.1 Å².